The Hall–Kier alpha value is -4.97. The number of hydrogen-bond acceptors (Lipinski definition) is 10. The Morgan fingerprint density at radius 1 is 1.14 bits per heavy atom. The molecule has 0 amide bonds. The maximum Gasteiger partial charge on any atom is 0.338 e. The third-order valence-electron chi connectivity index (χ3n) is 6.59. The van der Waals surface area contributed by atoms with Crippen molar-refractivity contribution < 1.29 is 28.3 Å². The number of esters is 1. The van der Waals surface area contributed by atoms with E-state index in [1.54, 1.807) is 68.5 Å². The molecule has 4 aromatic rings. The summed E-state index contributed by atoms with van der Waals surface area (Å²) in [5.41, 5.74) is 1.11. The zero-order chi connectivity index (χ0) is 30.0. The summed E-state index contributed by atoms with van der Waals surface area (Å²) < 4.78 is 24.2. The van der Waals surface area contributed by atoms with Crippen LogP contribution in [0, 0.1) is 10.1 Å². The minimum Gasteiger partial charge on any atom is -0.493 e. The number of methoxy groups -OCH3 is 1. The van der Waals surface area contributed by atoms with Crippen LogP contribution in [-0.4, -0.2) is 35.8 Å². The van der Waals surface area contributed by atoms with Gasteiger partial charge in [0.2, 0.25) is 0 Å². The van der Waals surface area contributed by atoms with Crippen molar-refractivity contribution in [3.8, 4) is 22.8 Å². The molecular formula is C30H27N3O8S. The summed E-state index contributed by atoms with van der Waals surface area (Å²) in [6.07, 6.45) is 1.56. The van der Waals surface area contributed by atoms with Gasteiger partial charge >= 0.3 is 5.97 Å². The van der Waals surface area contributed by atoms with E-state index in [4.69, 9.17) is 18.6 Å². The Morgan fingerprint density at radius 2 is 1.93 bits per heavy atom. The van der Waals surface area contributed by atoms with Gasteiger partial charge in [-0.1, -0.05) is 29.5 Å². The highest BCUT2D eigenvalue weighted by molar-refractivity contribution is 7.07. The molecule has 1 unspecified atom stereocenters. The number of furan rings is 1. The number of benzene rings is 2. The highest BCUT2D eigenvalue weighted by atomic mass is 32.1. The van der Waals surface area contributed by atoms with Crippen molar-refractivity contribution in [2.24, 2.45) is 4.99 Å². The standard InChI is InChI=1S/C30H27N3O8S/c1-5-39-24-15-18(11-13-23(24)38-4)27-26(29(35)40-6-2)17(3)31-30-32(27)28(34)25(42-30)16-19-12-14-22(41-19)20-9-7-8-10-21(20)33(36)37/h7-16,27H,5-6H2,1-4H3/b25-16-. The van der Waals surface area contributed by atoms with Gasteiger partial charge < -0.3 is 18.6 Å². The van der Waals surface area contributed by atoms with E-state index in [0.29, 0.717) is 55.8 Å². The summed E-state index contributed by atoms with van der Waals surface area (Å²) in [5, 5.41) is 11.5. The topological polar surface area (TPSA) is 135 Å². The summed E-state index contributed by atoms with van der Waals surface area (Å²) in [6.45, 7) is 5.80. The smallest absolute Gasteiger partial charge is 0.338 e. The summed E-state index contributed by atoms with van der Waals surface area (Å²) in [5.74, 6) is 1.02. The van der Waals surface area contributed by atoms with Crippen molar-refractivity contribution in [3.63, 3.8) is 0 Å². The Bertz CT molecular complexity index is 1900. The van der Waals surface area contributed by atoms with Gasteiger partial charge in [0, 0.05) is 12.1 Å². The summed E-state index contributed by atoms with van der Waals surface area (Å²) in [7, 11) is 1.53. The Morgan fingerprint density at radius 3 is 2.64 bits per heavy atom. The molecule has 2 aromatic heterocycles. The number of hydrogen-bond donors (Lipinski definition) is 0. The highest BCUT2D eigenvalue weighted by Crippen LogP contribution is 2.36. The first-order valence-electron chi connectivity index (χ1n) is 13.1. The molecule has 3 heterocycles. The number of ether oxygens (including phenoxy) is 3. The van der Waals surface area contributed by atoms with Crippen LogP contribution in [0.5, 0.6) is 11.5 Å². The van der Waals surface area contributed by atoms with Crippen LogP contribution < -0.4 is 24.4 Å². The normalized spacial score (nSPS) is 14.8. The van der Waals surface area contributed by atoms with Gasteiger partial charge in [0.1, 0.15) is 11.5 Å². The number of aromatic nitrogens is 1. The molecule has 42 heavy (non-hydrogen) atoms. The second-order valence-corrected chi connectivity index (χ2v) is 10.1. The van der Waals surface area contributed by atoms with Gasteiger partial charge in [-0.2, -0.15) is 0 Å². The third kappa shape index (κ3) is 5.23. The number of nitro benzene ring substituents is 1. The quantitative estimate of drug-likeness (QED) is 0.160. The molecule has 0 N–H and O–H groups in total. The number of nitro groups is 1. The minimum absolute atomic E-state index is 0.0920. The molecule has 216 valence electrons. The average Bonchev–Trinajstić information content (AvgIpc) is 3.56. The molecule has 1 aliphatic rings. The fourth-order valence-corrected chi connectivity index (χ4v) is 5.81. The van der Waals surface area contributed by atoms with E-state index in [2.05, 4.69) is 4.99 Å². The lowest BCUT2D eigenvalue weighted by atomic mass is 9.95. The van der Waals surface area contributed by atoms with Gasteiger partial charge in [-0.3, -0.25) is 19.5 Å². The molecule has 1 atom stereocenters. The van der Waals surface area contributed by atoms with Gasteiger partial charge in [-0.25, -0.2) is 9.79 Å². The molecule has 11 nitrogen and oxygen atoms in total. The van der Waals surface area contributed by atoms with E-state index in [9.17, 15) is 19.7 Å². The van der Waals surface area contributed by atoms with Crippen molar-refractivity contribution in [2.45, 2.75) is 26.8 Å². The van der Waals surface area contributed by atoms with E-state index < -0.39 is 22.5 Å². The fourth-order valence-electron chi connectivity index (χ4n) is 4.78. The second-order valence-electron chi connectivity index (χ2n) is 9.12. The number of para-hydroxylation sites is 1. The van der Waals surface area contributed by atoms with E-state index in [-0.39, 0.29) is 17.9 Å². The SMILES string of the molecule is CCOC(=O)C1=C(C)N=c2s/c(=C\c3ccc(-c4ccccc4[N+](=O)[O-])o3)c(=O)n2C1c1ccc(OC)c(OCC)c1. The molecule has 5 rings (SSSR count). The molecule has 0 bridgehead atoms. The van der Waals surface area contributed by atoms with Crippen molar-refractivity contribution in [3.05, 3.63) is 107 Å². The van der Waals surface area contributed by atoms with Crippen molar-refractivity contribution in [1.29, 1.82) is 0 Å². The number of thiazole rings is 1. The van der Waals surface area contributed by atoms with Crippen molar-refractivity contribution >= 4 is 29.1 Å². The second kappa shape index (κ2) is 11.9. The largest absolute Gasteiger partial charge is 0.493 e. The number of carbonyl (C=O) groups is 1. The number of nitrogens with zero attached hydrogens (tertiary/aromatic N) is 3. The zero-order valence-electron chi connectivity index (χ0n) is 23.3. The predicted molar refractivity (Wildman–Crippen MR) is 155 cm³/mol. The average molecular weight is 590 g/mol. The molecule has 1 aliphatic heterocycles. The monoisotopic (exact) mass is 589 g/mol. The van der Waals surface area contributed by atoms with E-state index in [1.807, 2.05) is 6.92 Å². The first-order valence-corrected chi connectivity index (χ1v) is 13.9. The Labute approximate surface area is 243 Å². The lowest BCUT2D eigenvalue weighted by Crippen LogP contribution is -2.39. The van der Waals surface area contributed by atoms with Gasteiger partial charge in [0.15, 0.2) is 16.3 Å². The maximum absolute atomic E-state index is 13.9. The molecule has 0 aliphatic carbocycles. The first kappa shape index (κ1) is 28.6. The van der Waals surface area contributed by atoms with Gasteiger partial charge in [0.25, 0.3) is 11.2 Å². The highest BCUT2D eigenvalue weighted by Gasteiger charge is 2.34. The zero-order valence-corrected chi connectivity index (χ0v) is 24.1. The van der Waals surface area contributed by atoms with Gasteiger partial charge in [-0.05, 0) is 56.7 Å². The van der Waals surface area contributed by atoms with Crippen LogP contribution in [-0.2, 0) is 9.53 Å². The number of carbonyl (C=O) groups excluding carboxylic acids is 1. The Balaban J connectivity index is 1.66. The predicted octanol–water partition coefficient (Wildman–Crippen LogP) is 4.37. The molecule has 0 radical (unpaired) electrons. The van der Waals surface area contributed by atoms with E-state index in [0.717, 1.165) is 11.3 Å². The summed E-state index contributed by atoms with van der Waals surface area (Å²) in [6, 6.07) is 13.9. The van der Waals surface area contributed by atoms with E-state index in [1.165, 1.54) is 17.7 Å². The number of allylic oxidation sites excluding steroid dienone is 1. The lowest BCUT2D eigenvalue weighted by Gasteiger charge is -2.25. The summed E-state index contributed by atoms with van der Waals surface area (Å²) >= 11 is 1.14. The van der Waals surface area contributed by atoms with Gasteiger partial charge in [0.05, 0.1) is 52.7 Å². The third-order valence-corrected chi connectivity index (χ3v) is 7.57. The Kier molecular flexibility index (Phi) is 8.07. The van der Waals surface area contributed by atoms with Crippen LogP contribution in [0.1, 0.15) is 38.1 Å². The van der Waals surface area contributed by atoms with Crippen LogP contribution in [0.2, 0.25) is 0 Å². The van der Waals surface area contributed by atoms with Gasteiger partial charge in [-0.15, -0.1) is 0 Å². The first-order chi connectivity index (χ1) is 20.3. The lowest BCUT2D eigenvalue weighted by molar-refractivity contribution is -0.384. The number of rotatable bonds is 9. The van der Waals surface area contributed by atoms with Crippen LogP contribution in [0.25, 0.3) is 17.4 Å². The van der Waals surface area contributed by atoms with Crippen LogP contribution in [0.4, 0.5) is 5.69 Å². The molecule has 2 aromatic carbocycles. The molecule has 0 spiro atoms. The van der Waals surface area contributed by atoms with Crippen LogP contribution in [0.3, 0.4) is 0 Å². The molecular weight excluding hydrogens is 562 g/mol. The van der Waals surface area contributed by atoms with E-state index >= 15 is 0 Å². The fraction of sp³-hybridized carbons (Fsp3) is 0.233. The number of fused-ring (bicyclic) bond motifs is 1. The summed E-state index contributed by atoms with van der Waals surface area (Å²) in [4.78, 5) is 43.1. The van der Waals surface area contributed by atoms with Crippen LogP contribution >= 0.6 is 11.3 Å². The van der Waals surface area contributed by atoms with Crippen molar-refractivity contribution in [2.75, 3.05) is 20.3 Å². The minimum atomic E-state index is -0.841. The molecule has 12 heteroatoms. The molecule has 0 saturated heterocycles. The molecule has 0 saturated carbocycles. The maximum atomic E-state index is 13.9. The van der Waals surface area contributed by atoms with Crippen LogP contribution in [0.15, 0.2) is 80.1 Å². The molecule has 0 fully saturated rings. The van der Waals surface area contributed by atoms with Crippen molar-refractivity contribution in [1.82, 2.24) is 4.57 Å².